The standard InChI is InChI=1S/C25H26ClNO3/c1-15-24-22(21-9-10-29-14-18(21)12-23(24)25(28)30-15)8-7-20-6-5-17(13-27-20)16-3-2-4-19(26)11-16/h2-8,11,13,15,18,21-24H,9-10,12,14H2,1H3/b8-7+. The number of allylic oxidation sites excluding steroid dienone is 1. The number of esters is 1. The minimum atomic E-state index is -0.0288. The molecule has 1 saturated carbocycles. The molecule has 5 rings (SSSR count). The fourth-order valence-electron chi connectivity index (χ4n) is 5.67. The summed E-state index contributed by atoms with van der Waals surface area (Å²) in [5, 5.41) is 0.719. The lowest BCUT2D eigenvalue weighted by Crippen LogP contribution is -2.45. The van der Waals surface area contributed by atoms with Crippen molar-refractivity contribution in [2.45, 2.75) is 25.9 Å². The van der Waals surface area contributed by atoms with E-state index in [1.54, 1.807) is 0 Å². The second-order valence-electron chi connectivity index (χ2n) is 8.77. The van der Waals surface area contributed by atoms with Gasteiger partial charge in [-0.15, -0.1) is 0 Å². The van der Waals surface area contributed by atoms with Gasteiger partial charge in [0.05, 0.1) is 11.6 Å². The van der Waals surface area contributed by atoms with Gasteiger partial charge in [0.2, 0.25) is 0 Å². The zero-order valence-electron chi connectivity index (χ0n) is 17.0. The molecule has 1 aromatic carbocycles. The fourth-order valence-corrected chi connectivity index (χ4v) is 5.86. The molecule has 2 saturated heterocycles. The summed E-state index contributed by atoms with van der Waals surface area (Å²) < 4.78 is 11.4. The molecule has 2 aliphatic heterocycles. The van der Waals surface area contributed by atoms with Crippen LogP contribution in [0.25, 0.3) is 17.2 Å². The Hall–Kier alpha value is -2.17. The molecule has 5 heteroatoms. The van der Waals surface area contributed by atoms with Gasteiger partial charge in [-0.2, -0.15) is 0 Å². The van der Waals surface area contributed by atoms with Crippen LogP contribution in [0.2, 0.25) is 5.02 Å². The van der Waals surface area contributed by atoms with E-state index in [1.807, 2.05) is 43.5 Å². The number of aromatic nitrogens is 1. The molecule has 1 aromatic heterocycles. The van der Waals surface area contributed by atoms with Gasteiger partial charge in [0.25, 0.3) is 0 Å². The molecule has 0 spiro atoms. The Labute approximate surface area is 182 Å². The first-order valence-corrected chi connectivity index (χ1v) is 11.2. The Morgan fingerprint density at radius 2 is 2.10 bits per heavy atom. The quantitative estimate of drug-likeness (QED) is 0.631. The molecule has 1 aliphatic carbocycles. The van der Waals surface area contributed by atoms with Crippen molar-refractivity contribution in [1.29, 1.82) is 0 Å². The number of ether oxygens (including phenoxy) is 2. The third-order valence-corrected chi connectivity index (χ3v) is 7.31. The fraction of sp³-hybridized carbons (Fsp3) is 0.440. The molecule has 3 aliphatic rings. The van der Waals surface area contributed by atoms with E-state index in [0.29, 0.717) is 17.8 Å². The van der Waals surface area contributed by atoms with Crippen molar-refractivity contribution in [3.05, 3.63) is 59.4 Å². The summed E-state index contributed by atoms with van der Waals surface area (Å²) in [4.78, 5) is 17.0. The van der Waals surface area contributed by atoms with E-state index < -0.39 is 0 Å². The summed E-state index contributed by atoms with van der Waals surface area (Å²) in [7, 11) is 0. The number of nitrogens with zero attached hydrogens (tertiary/aromatic N) is 1. The highest BCUT2D eigenvalue weighted by Crippen LogP contribution is 2.51. The molecule has 3 heterocycles. The molecule has 6 unspecified atom stereocenters. The summed E-state index contributed by atoms with van der Waals surface area (Å²) in [6.45, 7) is 3.60. The highest BCUT2D eigenvalue weighted by Gasteiger charge is 2.54. The van der Waals surface area contributed by atoms with Gasteiger partial charge in [-0.3, -0.25) is 9.78 Å². The van der Waals surface area contributed by atoms with Crippen LogP contribution in [0.15, 0.2) is 48.7 Å². The average molecular weight is 424 g/mol. The van der Waals surface area contributed by atoms with E-state index in [1.165, 1.54) is 0 Å². The van der Waals surface area contributed by atoms with Crippen LogP contribution in [0.5, 0.6) is 0 Å². The summed E-state index contributed by atoms with van der Waals surface area (Å²) in [5.74, 6) is 1.51. The van der Waals surface area contributed by atoms with Crippen LogP contribution in [0, 0.1) is 29.6 Å². The lowest BCUT2D eigenvalue weighted by molar-refractivity contribution is -0.144. The zero-order valence-corrected chi connectivity index (χ0v) is 17.8. The summed E-state index contributed by atoms with van der Waals surface area (Å²) in [5.41, 5.74) is 3.02. The summed E-state index contributed by atoms with van der Waals surface area (Å²) in [6.07, 6.45) is 8.19. The predicted octanol–water partition coefficient (Wildman–Crippen LogP) is 5.27. The maximum Gasteiger partial charge on any atom is 0.309 e. The van der Waals surface area contributed by atoms with Crippen molar-refractivity contribution in [3.63, 3.8) is 0 Å². The molecule has 4 nitrogen and oxygen atoms in total. The van der Waals surface area contributed by atoms with Crippen molar-refractivity contribution >= 4 is 23.6 Å². The van der Waals surface area contributed by atoms with E-state index in [2.05, 4.69) is 23.2 Å². The number of fused-ring (bicyclic) bond motifs is 2. The third-order valence-electron chi connectivity index (χ3n) is 7.07. The lowest BCUT2D eigenvalue weighted by Gasteiger charge is -2.45. The average Bonchev–Trinajstić information content (AvgIpc) is 3.05. The van der Waals surface area contributed by atoms with Crippen LogP contribution >= 0.6 is 11.6 Å². The molecule has 0 bridgehead atoms. The van der Waals surface area contributed by atoms with Crippen molar-refractivity contribution in [2.24, 2.45) is 29.6 Å². The second kappa shape index (κ2) is 8.16. The van der Waals surface area contributed by atoms with Crippen molar-refractivity contribution in [1.82, 2.24) is 4.98 Å². The van der Waals surface area contributed by atoms with Gasteiger partial charge in [-0.1, -0.05) is 35.9 Å². The minimum Gasteiger partial charge on any atom is -0.462 e. The molecular formula is C25H26ClNO3. The molecule has 0 amide bonds. The molecule has 0 radical (unpaired) electrons. The topological polar surface area (TPSA) is 48.4 Å². The number of rotatable bonds is 3. The van der Waals surface area contributed by atoms with Crippen molar-refractivity contribution in [2.75, 3.05) is 13.2 Å². The zero-order chi connectivity index (χ0) is 20.7. The maximum atomic E-state index is 12.4. The Morgan fingerprint density at radius 1 is 1.20 bits per heavy atom. The number of cyclic esters (lactones) is 1. The lowest BCUT2D eigenvalue weighted by atomic mass is 9.60. The van der Waals surface area contributed by atoms with Gasteiger partial charge in [-0.25, -0.2) is 0 Å². The third kappa shape index (κ3) is 3.67. The van der Waals surface area contributed by atoms with Gasteiger partial charge < -0.3 is 9.47 Å². The Bertz CT molecular complexity index is 957. The van der Waals surface area contributed by atoms with Gasteiger partial charge >= 0.3 is 5.97 Å². The van der Waals surface area contributed by atoms with Crippen LogP contribution in [-0.4, -0.2) is 30.3 Å². The largest absolute Gasteiger partial charge is 0.462 e. The molecule has 2 aromatic rings. The Balaban J connectivity index is 1.39. The number of pyridine rings is 1. The number of carbonyl (C=O) groups excluding carboxylic acids is 1. The molecular weight excluding hydrogens is 398 g/mol. The van der Waals surface area contributed by atoms with Crippen molar-refractivity contribution in [3.8, 4) is 11.1 Å². The maximum absolute atomic E-state index is 12.4. The summed E-state index contributed by atoms with van der Waals surface area (Å²) >= 11 is 6.11. The van der Waals surface area contributed by atoms with Crippen LogP contribution < -0.4 is 0 Å². The number of benzene rings is 1. The first-order chi connectivity index (χ1) is 14.6. The van der Waals surface area contributed by atoms with Gasteiger partial charge in [0, 0.05) is 35.9 Å². The highest BCUT2D eigenvalue weighted by molar-refractivity contribution is 6.30. The van der Waals surface area contributed by atoms with Crippen LogP contribution in [-0.2, 0) is 14.3 Å². The predicted molar refractivity (Wildman–Crippen MR) is 117 cm³/mol. The molecule has 3 fully saturated rings. The van der Waals surface area contributed by atoms with Gasteiger partial charge in [0.15, 0.2) is 0 Å². The second-order valence-corrected chi connectivity index (χ2v) is 9.20. The molecule has 0 N–H and O–H groups in total. The van der Waals surface area contributed by atoms with Crippen LogP contribution in [0.1, 0.15) is 25.5 Å². The summed E-state index contributed by atoms with van der Waals surface area (Å²) in [6, 6.07) is 11.9. The number of halogens is 1. The van der Waals surface area contributed by atoms with E-state index >= 15 is 0 Å². The van der Waals surface area contributed by atoms with Crippen LogP contribution in [0.3, 0.4) is 0 Å². The molecule has 30 heavy (non-hydrogen) atoms. The first kappa shape index (κ1) is 19.8. The first-order valence-electron chi connectivity index (χ1n) is 10.8. The van der Waals surface area contributed by atoms with Crippen LogP contribution in [0.4, 0.5) is 0 Å². The van der Waals surface area contributed by atoms with E-state index in [0.717, 1.165) is 47.9 Å². The van der Waals surface area contributed by atoms with E-state index in [9.17, 15) is 4.79 Å². The number of carbonyl (C=O) groups is 1. The normalized spacial score (nSPS) is 33.2. The molecule has 156 valence electrons. The highest BCUT2D eigenvalue weighted by atomic mass is 35.5. The molecule has 6 atom stereocenters. The van der Waals surface area contributed by atoms with E-state index in [-0.39, 0.29) is 23.9 Å². The Morgan fingerprint density at radius 3 is 2.90 bits per heavy atom. The smallest absolute Gasteiger partial charge is 0.309 e. The SMILES string of the molecule is CC1OC(=O)C2CC3COCCC3C(/C=C/c3ccc(-c4cccc(Cl)c4)cn3)C12. The Kier molecular flexibility index (Phi) is 5.38. The number of hydrogen-bond donors (Lipinski definition) is 0. The van der Waals surface area contributed by atoms with E-state index in [4.69, 9.17) is 21.1 Å². The van der Waals surface area contributed by atoms with Gasteiger partial charge in [-0.05, 0) is 67.4 Å². The number of hydrogen-bond acceptors (Lipinski definition) is 4. The van der Waals surface area contributed by atoms with Gasteiger partial charge in [0.1, 0.15) is 6.10 Å². The minimum absolute atomic E-state index is 0.00392. The van der Waals surface area contributed by atoms with Crippen molar-refractivity contribution < 1.29 is 14.3 Å². The monoisotopic (exact) mass is 423 g/mol.